The minimum Gasteiger partial charge on any atom is -0.388 e. The van der Waals surface area contributed by atoms with Crippen molar-refractivity contribution in [1.29, 1.82) is 0 Å². The summed E-state index contributed by atoms with van der Waals surface area (Å²) in [7, 11) is 0. The van der Waals surface area contributed by atoms with Crippen LogP contribution in [-0.4, -0.2) is 5.11 Å². The first-order chi connectivity index (χ1) is 7.33. The van der Waals surface area contributed by atoms with Gasteiger partial charge in [-0.3, -0.25) is 0 Å². The van der Waals surface area contributed by atoms with Crippen LogP contribution in [0.2, 0.25) is 0 Å². The van der Waals surface area contributed by atoms with Gasteiger partial charge in [-0.2, -0.15) is 0 Å². The molecule has 1 aliphatic carbocycles. The predicted octanol–water partition coefficient (Wildman–Crippen LogP) is 3.56. The lowest BCUT2D eigenvalue weighted by Crippen LogP contribution is -2.12. The van der Waals surface area contributed by atoms with Crippen molar-refractivity contribution >= 4 is 0 Å². The first-order valence-electron chi connectivity index (χ1n) is 5.70. The predicted molar refractivity (Wildman–Crippen MR) is 62.8 cm³/mol. The van der Waals surface area contributed by atoms with Crippen molar-refractivity contribution in [2.75, 3.05) is 0 Å². The number of hydrogen-bond acceptors (Lipinski definition) is 1. The van der Waals surface area contributed by atoms with Gasteiger partial charge in [0.15, 0.2) is 0 Å². The topological polar surface area (TPSA) is 20.2 Å². The van der Waals surface area contributed by atoms with Crippen LogP contribution in [0.25, 0.3) is 0 Å². The zero-order chi connectivity index (χ0) is 10.7. The zero-order valence-electron chi connectivity index (χ0n) is 9.02. The summed E-state index contributed by atoms with van der Waals surface area (Å²) in [5.74, 6) is 0.681. The molecule has 0 amide bonds. The fraction of sp³-hybridized carbons (Fsp3) is 0.429. The SMILES string of the molecule is C=CCC(O)c1ccccc1C1CCC1. The molecule has 15 heavy (non-hydrogen) atoms. The average molecular weight is 202 g/mol. The van der Waals surface area contributed by atoms with E-state index >= 15 is 0 Å². The molecular weight excluding hydrogens is 184 g/mol. The summed E-state index contributed by atoms with van der Waals surface area (Å²) in [6.07, 6.45) is 5.93. The van der Waals surface area contributed by atoms with Crippen LogP contribution in [0.15, 0.2) is 36.9 Å². The molecular formula is C14H18O. The highest BCUT2D eigenvalue weighted by molar-refractivity contribution is 5.33. The lowest BCUT2D eigenvalue weighted by atomic mass is 9.77. The highest BCUT2D eigenvalue weighted by atomic mass is 16.3. The standard InChI is InChI=1S/C14H18O/c1-2-6-14(15)13-10-4-3-9-12(13)11-7-5-8-11/h2-4,9-11,14-15H,1,5-8H2. The molecule has 0 spiro atoms. The minimum atomic E-state index is -0.376. The number of benzene rings is 1. The van der Waals surface area contributed by atoms with Crippen molar-refractivity contribution in [3.63, 3.8) is 0 Å². The van der Waals surface area contributed by atoms with Gasteiger partial charge in [0.2, 0.25) is 0 Å². The minimum absolute atomic E-state index is 0.376. The molecule has 1 aliphatic rings. The first-order valence-corrected chi connectivity index (χ1v) is 5.70. The fourth-order valence-corrected chi connectivity index (χ4v) is 2.19. The van der Waals surface area contributed by atoms with Crippen LogP contribution in [0.4, 0.5) is 0 Å². The summed E-state index contributed by atoms with van der Waals surface area (Å²) in [5, 5.41) is 10.00. The highest BCUT2D eigenvalue weighted by Crippen LogP contribution is 2.39. The van der Waals surface area contributed by atoms with Crippen molar-refractivity contribution in [2.45, 2.75) is 37.7 Å². The summed E-state index contributed by atoms with van der Waals surface area (Å²) in [5.41, 5.74) is 2.44. The molecule has 1 atom stereocenters. The third kappa shape index (κ3) is 2.13. The summed E-state index contributed by atoms with van der Waals surface area (Å²) in [4.78, 5) is 0. The lowest BCUT2D eigenvalue weighted by Gasteiger charge is -2.29. The Balaban J connectivity index is 2.24. The van der Waals surface area contributed by atoms with Crippen LogP contribution in [0.1, 0.15) is 48.8 Å². The summed E-state index contributed by atoms with van der Waals surface area (Å²) in [6.45, 7) is 3.67. The Hall–Kier alpha value is -1.08. The van der Waals surface area contributed by atoms with Crippen molar-refractivity contribution in [2.24, 2.45) is 0 Å². The third-order valence-corrected chi connectivity index (χ3v) is 3.29. The average Bonchev–Trinajstić information content (AvgIpc) is 2.16. The second-order valence-electron chi connectivity index (χ2n) is 4.30. The van der Waals surface area contributed by atoms with Gasteiger partial charge < -0.3 is 5.11 Å². The molecule has 0 aromatic heterocycles. The molecule has 0 heterocycles. The molecule has 1 aromatic carbocycles. The van der Waals surface area contributed by atoms with Gasteiger partial charge in [0.1, 0.15) is 0 Å². The van der Waals surface area contributed by atoms with Gasteiger partial charge in [0.25, 0.3) is 0 Å². The molecule has 0 aliphatic heterocycles. The van der Waals surface area contributed by atoms with Crippen molar-refractivity contribution < 1.29 is 5.11 Å². The number of hydrogen-bond donors (Lipinski definition) is 1. The number of rotatable bonds is 4. The van der Waals surface area contributed by atoms with Crippen molar-refractivity contribution in [3.05, 3.63) is 48.0 Å². The van der Waals surface area contributed by atoms with Gasteiger partial charge in [0.05, 0.1) is 6.10 Å². The summed E-state index contributed by atoms with van der Waals surface area (Å²) < 4.78 is 0. The summed E-state index contributed by atoms with van der Waals surface area (Å²) >= 11 is 0. The molecule has 1 fully saturated rings. The Morgan fingerprint density at radius 2 is 2.13 bits per heavy atom. The van der Waals surface area contributed by atoms with Crippen LogP contribution >= 0.6 is 0 Å². The molecule has 0 radical (unpaired) electrons. The van der Waals surface area contributed by atoms with Gasteiger partial charge in [0, 0.05) is 0 Å². The zero-order valence-corrected chi connectivity index (χ0v) is 9.02. The van der Waals surface area contributed by atoms with E-state index in [2.05, 4.69) is 18.7 Å². The first kappa shape index (κ1) is 10.4. The van der Waals surface area contributed by atoms with Crippen molar-refractivity contribution in [1.82, 2.24) is 0 Å². The Labute approximate surface area is 91.4 Å². The Kier molecular flexibility index (Phi) is 3.22. The van der Waals surface area contributed by atoms with Crippen LogP contribution in [0.3, 0.4) is 0 Å². The van der Waals surface area contributed by atoms with Gasteiger partial charge in [-0.1, -0.05) is 36.8 Å². The fourth-order valence-electron chi connectivity index (χ4n) is 2.19. The molecule has 1 N–H and O–H groups in total. The van der Waals surface area contributed by atoms with Crippen LogP contribution in [0, 0.1) is 0 Å². The van der Waals surface area contributed by atoms with E-state index in [1.165, 1.54) is 24.8 Å². The van der Waals surface area contributed by atoms with Gasteiger partial charge in [-0.05, 0) is 36.3 Å². The van der Waals surface area contributed by atoms with Crippen LogP contribution < -0.4 is 0 Å². The van der Waals surface area contributed by atoms with E-state index < -0.39 is 0 Å². The molecule has 1 saturated carbocycles. The largest absolute Gasteiger partial charge is 0.388 e. The normalized spacial score (nSPS) is 18.2. The maximum absolute atomic E-state index is 10.00. The Bertz CT molecular complexity index is 339. The van der Waals surface area contributed by atoms with Crippen LogP contribution in [-0.2, 0) is 0 Å². The van der Waals surface area contributed by atoms with E-state index in [1.807, 2.05) is 12.1 Å². The van der Waals surface area contributed by atoms with E-state index in [9.17, 15) is 5.11 Å². The summed E-state index contributed by atoms with van der Waals surface area (Å²) in [6, 6.07) is 8.27. The maximum Gasteiger partial charge on any atom is 0.0827 e. The quantitative estimate of drug-likeness (QED) is 0.740. The highest BCUT2D eigenvalue weighted by Gasteiger charge is 2.23. The Morgan fingerprint density at radius 3 is 2.73 bits per heavy atom. The number of aliphatic hydroxyl groups is 1. The smallest absolute Gasteiger partial charge is 0.0827 e. The second-order valence-corrected chi connectivity index (χ2v) is 4.30. The monoisotopic (exact) mass is 202 g/mol. The molecule has 80 valence electrons. The van der Waals surface area contributed by atoms with Gasteiger partial charge >= 0.3 is 0 Å². The van der Waals surface area contributed by atoms with E-state index in [-0.39, 0.29) is 6.10 Å². The molecule has 0 bridgehead atoms. The van der Waals surface area contributed by atoms with E-state index in [4.69, 9.17) is 0 Å². The molecule has 1 unspecified atom stereocenters. The Morgan fingerprint density at radius 1 is 1.40 bits per heavy atom. The van der Waals surface area contributed by atoms with Crippen LogP contribution in [0.5, 0.6) is 0 Å². The lowest BCUT2D eigenvalue weighted by molar-refractivity contribution is 0.179. The third-order valence-electron chi connectivity index (χ3n) is 3.29. The molecule has 2 rings (SSSR count). The van der Waals surface area contributed by atoms with Gasteiger partial charge in [-0.25, -0.2) is 0 Å². The van der Waals surface area contributed by atoms with Gasteiger partial charge in [-0.15, -0.1) is 6.58 Å². The van der Waals surface area contributed by atoms with E-state index in [0.29, 0.717) is 12.3 Å². The number of aliphatic hydroxyl groups excluding tert-OH is 1. The molecule has 1 nitrogen and oxygen atoms in total. The van der Waals surface area contributed by atoms with Crippen molar-refractivity contribution in [3.8, 4) is 0 Å². The van der Waals surface area contributed by atoms with E-state index in [1.54, 1.807) is 6.08 Å². The molecule has 1 heteroatoms. The second kappa shape index (κ2) is 4.63. The maximum atomic E-state index is 10.00. The molecule has 0 saturated heterocycles. The van der Waals surface area contributed by atoms with E-state index in [0.717, 1.165) is 5.56 Å². The molecule has 1 aromatic rings.